The van der Waals surface area contributed by atoms with Crippen LogP contribution in [0.1, 0.15) is 24.8 Å². The van der Waals surface area contributed by atoms with Gasteiger partial charge in [0.15, 0.2) is 0 Å². The summed E-state index contributed by atoms with van der Waals surface area (Å²) in [5.41, 5.74) is 1.43. The lowest BCUT2D eigenvalue weighted by atomic mass is 9.99. The highest BCUT2D eigenvalue weighted by molar-refractivity contribution is 5.14. The van der Waals surface area contributed by atoms with Crippen molar-refractivity contribution in [2.75, 3.05) is 59.2 Å². The molecule has 4 nitrogen and oxygen atoms in total. The van der Waals surface area contributed by atoms with E-state index < -0.39 is 0 Å². The van der Waals surface area contributed by atoms with Crippen molar-refractivity contribution in [1.82, 2.24) is 9.80 Å². The van der Waals surface area contributed by atoms with Crippen LogP contribution in [0.4, 0.5) is 0 Å². The molecule has 0 aliphatic carbocycles. The van der Waals surface area contributed by atoms with Gasteiger partial charge in [-0.2, -0.15) is 0 Å². The molecule has 0 bridgehead atoms. The van der Waals surface area contributed by atoms with E-state index in [1.54, 1.807) is 0 Å². The first-order valence-electron chi connectivity index (χ1n) is 9.54. The smallest absolute Gasteiger partial charge is 0.0594 e. The summed E-state index contributed by atoms with van der Waals surface area (Å²) in [6.07, 6.45) is 3.68. The van der Waals surface area contributed by atoms with Gasteiger partial charge in [-0.15, -0.1) is 0 Å². The molecule has 3 rings (SSSR count). The SMILES string of the molecule is c1ccc(CN(CCCN2CCOCC2)CC2CCOCC2)cc1. The average Bonchev–Trinajstić information content (AvgIpc) is 2.64. The summed E-state index contributed by atoms with van der Waals surface area (Å²) < 4.78 is 11.0. The molecule has 0 radical (unpaired) electrons. The van der Waals surface area contributed by atoms with Crippen LogP contribution < -0.4 is 0 Å². The first kappa shape index (κ1) is 17.9. The zero-order valence-corrected chi connectivity index (χ0v) is 14.9. The monoisotopic (exact) mass is 332 g/mol. The molecule has 0 saturated carbocycles. The van der Waals surface area contributed by atoms with Crippen LogP contribution in [0, 0.1) is 5.92 Å². The van der Waals surface area contributed by atoms with Crippen LogP contribution in [0.5, 0.6) is 0 Å². The molecule has 134 valence electrons. The van der Waals surface area contributed by atoms with E-state index >= 15 is 0 Å². The van der Waals surface area contributed by atoms with Gasteiger partial charge in [0.1, 0.15) is 0 Å². The minimum atomic E-state index is 0.797. The predicted molar refractivity (Wildman–Crippen MR) is 97.1 cm³/mol. The molecule has 1 aromatic rings. The maximum Gasteiger partial charge on any atom is 0.0594 e. The Balaban J connectivity index is 1.48. The molecular weight excluding hydrogens is 300 g/mol. The molecule has 0 amide bonds. The van der Waals surface area contributed by atoms with E-state index in [2.05, 4.69) is 40.1 Å². The van der Waals surface area contributed by atoms with E-state index in [4.69, 9.17) is 9.47 Å². The minimum Gasteiger partial charge on any atom is -0.381 e. The Morgan fingerprint density at radius 1 is 0.958 bits per heavy atom. The lowest BCUT2D eigenvalue weighted by Crippen LogP contribution is -2.39. The molecule has 4 heteroatoms. The summed E-state index contributed by atoms with van der Waals surface area (Å²) in [7, 11) is 0. The van der Waals surface area contributed by atoms with Gasteiger partial charge in [-0.05, 0) is 43.8 Å². The van der Waals surface area contributed by atoms with Crippen molar-refractivity contribution in [2.24, 2.45) is 5.92 Å². The summed E-state index contributed by atoms with van der Waals surface area (Å²) in [4.78, 5) is 5.20. The number of hydrogen-bond donors (Lipinski definition) is 0. The fourth-order valence-corrected chi connectivity index (χ4v) is 3.71. The van der Waals surface area contributed by atoms with E-state index in [-0.39, 0.29) is 0 Å². The quantitative estimate of drug-likeness (QED) is 0.731. The summed E-state index contributed by atoms with van der Waals surface area (Å²) in [6.45, 7) is 10.5. The molecule has 2 saturated heterocycles. The number of rotatable bonds is 8. The van der Waals surface area contributed by atoms with Crippen molar-refractivity contribution >= 4 is 0 Å². The normalized spacial score (nSPS) is 20.5. The summed E-state index contributed by atoms with van der Waals surface area (Å²) >= 11 is 0. The van der Waals surface area contributed by atoms with Gasteiger partial charge in [-0.3, -0.25) is 9.80 Å². The molecule has 2 fully saturated rings. The lowest BCUT2D eigenvalue weighted by molar-refractivity contribution is 0.0336. The Labute approximate surface area is 146 Å². The number of nitrogens with zero attached hydrogens (tertiary/aromatic N) is 2. The van der Waals surface area contributed by atoms with Crippen LogP contribution in [0.15, 0.2) is 30.3 Å². The van der Waals surface area contributed by atoms with Gasteiger partial charge in [0.05, 0.1) is 13.2 Å². The molecule has 0 spiro atoms. The second kappa shape index (κ2) is 10.1. The standard InChI is InChI=1S/C20H32N2O2/c1-2-5-19(6-3-1)17-22(18-20-7-13-23-14-8-20)10-4-9-21-11-15-24-16-12-21/h1-3,5-6,20H,4,7-18H2. The molecule has 0 unspecified atom stereocenters. The van der Waals surface area contributed by atoms with Gasteiger partial charge in [0.25, 0.3) is 0 Å². The Bertz CT molecular complexity index is 442. The second-order valence-corrected chi connectivity index (χ2v) is 7.08. The van der Waals surface area contributed by atoms with Crippen molar-refractivity contribution < 1.29 is 9.47 Å². The van der Waals surface area contributed by atoms with Gasteiger partial charge in [-0.25, -0.2) is 0 Å². The molecule has 24 heavy (non-hydrogen) atoms. The van der Waals surface area contributed by atoms with E-state index in [0.29, 0.717) is 0 Å². The fourth-order valence-electron chi connectivity index (χ4n) is 3.71. The summed E-state index contributed by atoms with van der Waals surface area (Å²) in [5, 5.41) is 0. The second-order valence-electron chi connectivity index (χ2n) is 7.08. The molecule has 2 aliphatic heterocycles. The van der Waals surface area contributed by atoms with E-state index in [0.717, 1.165) is 52.0 Å². The van der Waals surface area contributed by atoms with E-state index in [1.165, 1.54) is 44.5 Å². The third kappa shape index (κ3) is 6.17. The third-order valence-corrected chi connectivity index (χ3v) is 5.16. The number of ether oxygens (including phenoxy) is 2. The van der Waals surface area contributed by atoms with Crippen molar-refractivity contribution in [3.8, 4) is 0 Å². The highest BCUT2D eigenvalue weighted by atomic mass is 16.5. The zero-order valence-electron chi connectivity index (χ0n) is 14.9. The number of benzene rings is 1. The Kier molecular flexibility index (Phi) is 7.55. The van der Waals surface area contributed by atoms with Gasteiger partial charge in [-0.1, -0.05) is 30.3 Å². The van der Waals surface area contributed by atoms with Gasteiger partial charge in [0, 0.05) is 39.4 Å². The van der Waals surface area contributed by atoms with Gasteiger partial charge >= 0.3 is 0 Å². The Morgan fingerprint density at radius 3 is 2.42 bits per heavy atom. The lowest BCUT2D eigenvalue weighted by Gasteiger charge is -2.31. The van der Waals surface area contributed by atoms with E-state index in [1.807, 2.05) is 0 Å². The van der Waals surface area contributed by atoms with Gasteiger partial charge < -0.3 is 9.47 Å². The maximum atomic E-state index is 5.52. The zero-order chi connectivity index (χ0) is 16.5. The van der Waals surface area contributed by atoms with Crippen LogP contribution >= 0.6 is 0 Å². The van der Waals surface area contributed by atoms with Crippen LogP contribution in [0.25, 0.3) is 0 Å². The molecule has 2 aliphatic rings. The summed E-state index contributed by atoms with van der Waals surface area (Å²) in [5.74, 6) is 0.797. The summed E-state index contributed by atoms with van der Waals surface area (Å²) in [6, 6.07) is 10.9. The highest BCUT2D eigenvalue weighted by Gasteiger charge is 2.18. The van der Waals surface area contributed by atoms with Crippen molar-refractivity contribution in [1.29, 1.82) is 0 Å². The van der Waals surface area contributed by atoms with Crippen LogP contribution in [-0.4, -0.2) is 69.0 Å². The Hall–Kier alpha value is -0.940. The van der Waals surface area contributed by atoms with Crippen LogP contribution in [-0.2, 0) is 16.0 Å². The first-order chi connectivity index (χ1) is 11.9. The molecule has 1 aromatic carbocycles. The third-order valence-electron chi connectivity index (χ3n) is 5.16. The van der Waals surface area contributed by atoms with Crippen LogP contribution in [0.3, 0.4) is 0 Å². The maximum absolute atomic E-state index is 5.52. The molecule has 0 N–H and O–H groups in total. The van der Waals surface area contributed by atoms with Crippen molar-refractivity contribution in [3.63, 3.8) is 0 Å². The first-order valence-corrected chi connectivity index (χ1v) is 9.54. The average molecular weight is 332 g/mol. The topological polar surface area (TPSA) is 24.9 Å². The van der Waals surface area contributed by atoms with Gasteiger partial charge in [0.2, 0.25) is 0 Å². The van der Waals surface area contributed by atoms with E-state index in [9.17, 15) is 0 Å². The highest BCUT2D eigenvalue weighted by Crippen LogP contribution is 2.18. The Morgan fingerprint density at radius 2 is 1.67 bits per heavy atom. The fraction of sp³-hybridized carbons (Fsp3) is 0.700. The van der Waals surface area contributed by atoms with Crippen molar-refractivity contribution in [2.45, 2.75) is 25.8 Å². The number of hydrogen-bond acceptors (Lipinski definition) is 4. The van der Waals surface area contributed by atoms with Crippen molar-refractivity contribution in [3.05, 3.63) is 35.9 Å². The predicted octanol–water partition coefficient (Wildman–Crippen LogP) is 2.64. The number of morpholine rings is 1. The molecule has 0 atom stereocenters. The largest absolute Gasteiger partial charge is 0.381 e. The molecular formula is C20H32N2O2. The minimum absolute atomic E-state index is 0.797. The van der Waals surface area contributed by atoms with Crippen LogP contribution in [0.2, 0.25) is 0 Å². The molecule has 2 heterocycles. The molecule has 0 aromatic heterocycles.